The van der Waals surface area contributed by atoms with Crippen molar-refractivity contribution >= 4 is 40.7 Å². The number of rotatable bonds is 20. The van der Waals surface area contributed by atoms with Crippen LogP contribution in [0.1, 0.15) is 93.5 Å². The first kappa shape index (κ1) is 38.4. The number of nitrogens with one attached hydrogen (secondary N) is 1. The molecular formula is C36H48FIN2O7. The lowest BCUT2D eigenvalue weighted by Crippen LogP contribution is -2.54. The Labute approximate surface area is 291 Å². The van der Waals surface area contributed by atoms with Gasteiger partial charge in [0.1, 0.15) is 24.3 Å². The lowest BCUT2D eigenvalue weighted by Gasteiger charge is -2.41. The molecule has 2 amide bonds. The molecule has 0 heterocycles. The molecule has 3 N–H and O–H groups in total. The van der Waals surface area contributed by atoms with E-state index in [1.54, 1.807) is 24.3 Å². The van der Waals surface area contributed by atoms with Gasteiger partial charge in [-0.25, -0.2) is 4.39 Å². The molecular weight excluding hydrogens is 718 g/mol. The molecule has 0 spiro atoms. The van der Waals surface area contributed by atoms with Crippen LogP contribution in [0.15, 0.2) is 48.0 Å². The predicted octanol–water partition coefficient (Wildman–Crippen LogP) is 6.12. The van der Waals surface area contributed by atoms with Crippen LogP contribution in [0.4, 0.5) is 4.39 Å². The highest BCUT2D eigenvalue weighted by atomic mass is 127. The number of unbranched alkanes of at least 4 members (excludes halogenated alkanes) is 8. The number of aliphatic hydroxyl groups is 2. The minimum Gasteiger partial charge on any atom is -0.493 e. The van der Waals surface area contributed by atoms with E-state index < -0.39 is 30.0 Å². The van der Waals surface area contributed by atoms with Crippen molar-refractivity contribution in [1.29, 1.82) is 0 Å². The molecule has 2 aromatic rings. The highest BCUT2D eigenvalue weighted by molar-refractivity contribution is 14.1. The van der Waals surface area contributed by atoms with E-state index in [9.17, 15) is 29.0 Å². The van der Waals surface area contributed by atoms with E-state index in [2.05, 4.69) is 12.2 Å². The maximum absolute atomic E-state index is 14.9. The van der Waals surface area contributed by atoms with E-state index in [-0.39, 0.29) is 55.5 Å². The molecule has 0 radical (unpaired) electrons. The zero-order valence-electron chi connectivity index (χ0n) is 27.4. The second-order valence-corrected chi connectivity index (χ2v) is 13.0. The first-order valence-electron chi connectivity index (χ1n) is 16.5. The van der Waals surface area contributed by atoms with Crippen molar-refractivity contribution in [1.82, 2.24) is 10.2 Å². The second kappa shape index (κ2) is 20.4. The van der Waals surface area contributed by atoms with Crippen molar-refractivity contribution in [3.8, 4) is 11.5 Å². The lowest BCUT2D eigenvalue weighted by atomic mass is 9.87. The fourth-order valence-corrected chi connectivity index (χ4v) is 6.52. The molecule has 0 aromatic heterocycles. The van der Waals surface area contributed by atoms with Gasteiger partial charge in [0, 0.05) is 42.6 Å². The summed E-state index contributed by atoms with van der Waals surface area (Å²) in [6.45, 7) is 1.85. The maximum Gasteiger partial charge on any atom is 0.247 e. The van der Waals surface area contributed by atoms with Crippen LogP contribution in [0.5, 0.6) is 11.5 Å². The van der Waals surface area contributed by atoms with E-state index in [1.165, 1.54) is 62.3 Å². The molecule has 0 saturated heterocycles. The molecule has 1 aliphatic rings. The number of hydrogen-bond donors (Lipinski definition) is 3. The van der Waals surface area contributed by atoms with Gasteiger partial charge < -0.3 is 29.9 Å². The Morgan fingerprint density at radius 1 is 1.09 bits per heavy atom. The average Bonchev–Trinajstić information content (AvgIpc) is 3.07. The number of halogens is 2. The number of benzene rings is 2. The summed E-state index contributed by atoms with van der Waals surface area (Å²) in [6.07, 6.45) is 9.79. The number of aldehydes is 1. The number of hydrogen-bond acceptors (Lipinski definition) is 7. The van der Waals surface area contributed by atoms with Gasteiger partial charge in [-0.2, -0.15) is 0 Å². The molecule has 3 atom stereocenters. The Morgan fingerprint density at radius 3 is 2.40 bits per heavy atom. The van der Waals surface area contributed by atoms with E-state index in [1.807, 2.05) is 22.6 Å². The molecule has 0 aliphatic heterocycles. The third kappa shape index (κ3) is 11.6. The zero-order valence-corrected chi connectivity index (χ0v) is 29.5. The van der Waals surface area contributed by atoms with Crippen molar-refractivity contribution in [3.05, 3.63) is 68.6 Å². The smallest absolute Gasteiger partial charge is 0.247 e. The van der Waals surface area contributed by atoms with Crippen LogP contribution < -0.4 is 14.8 Å². The number of carbonyl (C=O) groups is 3. The number of nitrogens with zero attached hydrogens (tertiary/aromatic N) is 1. The van der Waals surface area contributed by atoms with Gasteiger partial charge >= 0.3 is 0 Å². The quantitative estimate of drug-likeness (QED) is 0.0844. The second-order valence-electron chi connectivity index (χ2n) is 11.9. The molecule has 1 aliphatic carbocycles. The Balaban J connectivity index is 1.89. The third-order valence-electron chi connectivity index (χ3n) is 8.37. The van der Waals surface area contributed by atoms with Gasteiger partial charge in [0.25, 0.3) is 0 Å². The molecule has 2 aromatic carbocycles. The summed E-state index contributed by atoms with van der Waals surface area (Å²) in [6, 6.07) is 8.38. The minimum absolute atomic E-state index is 0.00541. The van der Waals surface area contributed by atoms with Gasteiger partial charge in [-0.3, -0.25) is 14.4 Å². The average molecular weight is 767 g/mol. The van der Waals surface area contributed by atoms with Crippen LogP contribution in [-0.4, -0.2) is 71.7 Å². The van der Waals surface area contributed by atoms with Crippen molar-refractivity contribution in [2.24, 2.45) is 0 Å². The van der Waals surface area contributed by atoms with Gasteiger partial charge in [-0.05, 0) is 53.3 Å². The summed E-state index contributed by atoms with van der Waals surface area (Å²) in [5.41, 5.74) is 0.921. The van der Waals surface area contributed by atoms with Crippen LogP contribution in [-0.2, 0) is 16.1 Å². The van der Waals surface area contributed by atoms with Gasteiger partial charge in [0.2, 0.25) is 11.8 Å². The summed E-state index contributed by atoms with van der Waals surface area (Å²) in [7, 11) is 1.43. The normalized spacial score (nSPS) is 17.5. The standard InChI is InChI=1S/C36H48FIN2O7/c1-3-4-5-6-7-8-9-10-11-16-33(43)40(23-26-14-12-13-15-28(26)37)30-21-27(36(45)39-17-18-41)22-31(34(30)44)47-35-29(38)19-25(24-42)20-32(35)46-2/h12-15,19-20,22,24,30-31,34,41,44H,3-11,16-18,21,23H2,1-2H3,(H,39,45). The highest BCUT2D eigenvalue weighted by Gasteiger charge is 2.41. The topological polar surface area (TPSA) is 125 Å². The number of amides is 2. The van der Waals surface area contributed by atoms with Crippen LogP contribution in [0.3, 0.4) is 0 Å². The highest BCUT2D eigenvalue weighted by Crippen LogP contribution is 2.37. The zero-order chi connectivity index (χ0) is 34.2. The molecule has 3 rings (SSSR count). The molecule has 258 valence electrons. The fourth-order valence-electron chi connectivity index (χ4n) is 5.77. The van der Waals surface area contributed by atoms with Gasteiger partial charge in [0.05, 0.1) is 23.3 Å². The lowest BCUT2D eigenvalue weighted by molar-refractivity contribution is -0.139. The summed E-state index contributed by atoms with van der Waals surface area (Å²) < 4.78 is 27.2. The molecule has 11 heteroatoms. The molecule has 0 bridgehead atoms. The summed E-state index contributed by atoms with van der Waals surface area (Å²) in [5.74, 6) is -0.676. The Morgan fingerprint density at radius 2 is 1.77 bits per heavy atom. The molecule has 47 heavy (non-hydrogen) atoms. The van der Waals surface area contributed by atoms with Gasteiger partial charge in [-0.1, -0.05) is 76.5 Å². The van der Waals surface area contributed by atoms with E-state index in [4.69, 9.17) is 9.47 Å². The van der Waals surface area contributed by atoms with Crippen LogP contribution in [0.25, 0.3) is 0 Å². The Bertz CT molecular complexity index is 1350. The number of carbonyl (C=O) groups excluding carboxylic acids is 3. The number of methoxy groups -OCH3 is 1. The fraction of sp³-hybridized carbons (Fsp3) is 0.528. The number of ether oxygens (including phenoxy) is 2. The predicted molar refractivity (Wildman–Crippen MR) is 187 cm³/mol. The summed E-state index contributed by atoms with van der Waals surface area (Å²) in [5, 5.41) is 23.7. The van der Waals surface area contributed by atoms with Crippen molar-refractivity contribution < 1.29 is 38.5 Å². The van der Waals surface area contributed by atoms with Crippen molar-refractivity contribution in [2.75, 3.05) is 20.3 Å². The molecule has 0 fully saturated rings. The Hall–Kier alpha value is -3.03. The minimum atomic E-state index is -1.30. The molecule has 9 nitrogen and oxygen atoms in total. The van der Waals surface area contributed by atoms with Crippen LogP contribution >= 0.6 is 22.6 Å². The summed E-state index contributed by atoms with van der Waals surface area (Å²) in [4.78, 5) is 40.0. The van der Waals surface area contributed by atoms with Crippen molar-refractivity contribution in [3.63, 3.8) is 0 Å². The van der Waals surface area contributed by atoms with Gasteiger partial charge in [0.15, 0.2) is 11.5 Å². The van der Waals surface area contributed by atoms with Gasteiger partial charge in [-0.15, -0.1) is 0 Å². The number of aliphatic hydroxyl groups excluding tert-OH is 2. The van der Waals surface area contributed by atoms with Crippen LogP contribution in [0.2, 0.25) is 0 Å². The first-order valence-corrected chi connectivity index (χ1v) is 17.6. The molecule has 3 unspecified atom stereocenters. The maximum atomic E-state index is 14.9. The monoisotopic (exact) mass is 766 g/mol. The van der Waals surface area contributed by atoms with Crippen LogP contribution in [0, 0.1) is 9.39 Å². The third-order valence-corrected chi connectivity index (χ3v) is 9.17. The molecule has 0 saturated carbocycles. The summed E-state index contributed by atoms with van der Waals surface area (Å²) >= 11 is 2.00. The largest absolute Gasteiger partial charge is 0.493 e. The first-order chi connectivity index (χ1) is 22.7. The van der Waals surface area contributed by atoms with E-state index in [0.29, 0.717) is 27.4 Å². The van der Waals surface area contributed by atoms with E-state index in [0.717, 1.165) is 19.3 Å². The Kier molecular flexibility index (Phi) is 16.6. The van der Waals surface area contributed by atoms with Crippen molar-refractivity contribution in [2.45, 2.75) is 102 Å². The SMILES string of the molecule is CCCCCCCCCCCC(=O)N(Cc1ccccc1F)C1CC(C(=O)NCCO)=CC(Oc2c(I)cc(C=O)cc2OC)C1O. The van der Waals surface area contributed by atoms with E-state index >= 15 is 0 Å².